The fourth-order valence-corrected chi connectivity index (χ4v) is 3.60. The molecule has 3 rings (SSSR count). The minimum atomic E-state index is -3.96. The Morgan fingerprint density at radius 2 is 2.08 bits per heavy atom. The first-order valence-corrected chi connectivity index (χ1v) is 9.17. The topological polar surface area (TPSA) is 102 Å². The van der Waals surface area contributed by atoms with E-state index in [4.69, 9.17) is 4.42 Å². The Bertz CT molecular complexity index is 857. The first-order chi connectivity index (χ1) is 11.6. The number of nitrogens with zero attached hydrogens (tertiary/aromatic N) is 2. The molecule has 0 aliphatic heterocycles. The van der Waals surface area contributed by atoms with Crippen LogP contribution in [0.5, 0.6) is 0 Å². The van der Waals surface area contributed by atoms with Crippen molar-refractivity contribution in [2.24, 2.45) is 0 Å². The lowest BCUT2D eigenvalue weighted by Crippen LogP contribution is -2.31. The Morgan fingerprint density at radius 1 is 1.21 bits per heavy atom. The molecule has 0 bridgehead atoms. The van der Waals surface area contributed by atoms with Crippen LogP contribution in [0, 0.1) is 0 Å². The Kier molecular flexibility index (Phi) is 4.75. The number of aromatic nitrogens is 2. The lowest BCUT2D eigenvalue weighted by atomic mass is 10.1. The molecule has 0 spiro atoms. The second kappa shape index (κ2) is 6.96. The molecule has 1 aromatic heterocycles. The van der Waals surface area contributed by atoms with E-state index in [1.54, 1.807) is 12.1 Å². The predicted octanol–water partition coefficient (Wildman–Crippen LogP) is 2.43. The summed E-state index contributed by atoms with van der Waals surface area (Å²) >= 11 is 0. The van der Waals surface area contributed by atoms with Crippen molar-refractivity contribution in [2.45, 2.75) is 37.0 Å². The SMILES string of the molecule is O=C(NS(=O)(=O)c1cccc(-c2nnco2)c1)C1=CCCCCC1. The summed E-state index contributed by atoms with van der Waals surface area (Å²) in [5.41, 5.74) is 1.00. The van der Waals surface area contributed by atoms with Gasteiger partial charge in [0.15, 0.2) is 0 Å². The maximum Gasteiger partial charge on any atom is 0.264 e. The monoisotopic (exact) mass is 347 g/mol. The number of rotatable bonds is 4. The van der Waals surface area contributed by atoms with Crippen molar-refractivity contribution >= 4 is 15.9 Å². The highest BCUT2D eigenvalue weighted by atomic mass is 32.2. The second-order valence-electron chi connectivity index (χ2n) is 5.54. The fourth-order valence-electron chi connectivity index (χ4n) is 2.56. The van der Waals surface area contributed by atoms with Crippen LogP contribution >= 0.6 is 0 Å². The summed E-state index contributed by atoms with van der Waals surface area (Å²) in [5.74, 6) is -0.343. The summed E-state index contributed by atoms with van der Waals surface area (Å²) in [6.45, 7) is 0. The maximum atomic E-state index is 12.5. The summed E-state index contributed by atoms with van der Waals surface area (Å²) in [7, 11) is -3.96. The van der Waals surface area contributed by atoms with Gasteiger partial charge in [0.1, 0.15) is 0 Å². The van der Waals surface area contributed by atoms with E-state index in [1.807, 2.05) is 6.08 Å². The summed E-state index contributed by atoms with van der Waals surface area (Å²) in [6, 6.07) is 6.02. The van der Waals surface area contributed by atoms with Crippen LogP contribution in [0.2, 0.25) is 0 Å². The minimum absolute atomic E-state index is 0.0271. The number of carbonyl (C=O) groups is 1. The van der Waals surface area contributed by atoms with Gasteiger partial charge in [-0.25, -0.2) is 13.1 Å². The van der Waals surface area contributed by atoms with Gasteiger partial charge in [0.25, 0.3) is 15.9 Å². The van der Waals surface area contributed by atoms with Gasteiger partial charge in [-0.3, -0.25) is 4.79 Å². The van der Waals surface area contributed by atoms with Crippen molar-refractivity contribution in [1.29, 1.82) is 0 Å². The van der Waals surface area contributed by atoms with Gasteiger partial charge in [0, 0.05) is 11.1 Å². The van der Waals surface area contributed by atoms with Crippen molar-refractivity contribution < 1.29 is 17.6 Å². The van der Waals surface area contributed by atoms with Gasteiger partial charge in [-0.2, -0.15) is 0 Å². The number of nitrogens with one attached hydrogen (secondary N) is 1. The Morgan fingerprint density at radius 3 is 2.88 bits per heavy atom. The first-order valence-electron chi connectivity index (χ1n) is 7.69. The average molecular weight is 347 g/mol. The summed E-state index contributed by atoms with van der Waals surface area (Å²) in [6.07, 6.45) is 7.36. The van der Waals surface area contributed by atoms with Gasteiger partial charge in [0.2, 0.25) is 12.3 Å². The maximum absolute atomic E-state index is 12.5. The van der Waals surface area contributed by atoms with Gasteiger partial charge in [-0.1, -0.05) is 18.6 Å². The zero-order valence-corrected chi connectivity index (χ0v) is 13.8. The van der Waals surface area contributed by atoms with Crippen LogP contribution in [0.3, 0.4) is 0 Å². The molecular weight excluding hydrogens is 330 g/mol. The molecule has 1 amide bonds. The van der Waals surface area contributed by atoms with E-state index in [9.17, 15) is 13.2 Å². The molecule has 1 aliphatic rings. The summed E-state index contributed by atoms with van der Waals surface area (Å²) in [4.78, 5) is 12.2. The molecule has 1 aliphatic carbocycles. The molecule has 0 radical (unpaired) electrons. The van der Waals surface area contributed by atoms with E-state index in [2.05, 4.69) is 14.9 Å². The fraction of sp³-hybridized carbons (Fsp3) is 0.312. The highest BCUT2D eigenvalue weighted by Gasteiger charge is 2.21. The molecule has 0 unspecified atom stereocenters. The lowest BCUT2D eigenvalue weighted by Gasteiger charge is -2.09. The highest BCUT2D eigenvalue weighted by Crippen LogP contribution is 2.21. The lowest BCUT2D eigenvalue weighted by molar-refractivity contribution is -0.116. The number of carbonyl (C=O) groups excluding carboxylic acids is 1. The van der Waals surface area contributed by atoms with Gasteiger partial charge < -0.3 is 4.42 Å². The van der Waals surface area contributed by atoms with Crippen LogP contribution in [0.1, 0.15) is 32.1 Å². The molecule has 8 heteroatoms. The van der Waals surface area contributed by atoms with Crippen molar-refractivity contribution in [3.8, 4) is 11.5 Å². The number of benzene rings is 1. The quantitative estimate of drug-likeness (QED) is 0.911. The van der Waals surface area contributed by atoms with E-state index >= 15 is 0 Å². The van der Waals surface area contributed by atoms with Crippen LogP contribution in [-0.4, -0.2) is 24.5 Å². The molecule has 7 nitrogen and oxygen atoms in total. The van der Waals surface area contributed by atoms with Crippen LogP contribution < -0.4 is 4.72 Å². The third kappa shape index (κ3) is 3.70. The first kappa shape index (κ1) is 16.4. The largest absolute Gasteiger partial charge is 0.423 e. The number of allylic oxidation sites excluding steroid dienone is 1. The van der Waals surface area contributed by atoms with Gasteiger partial charge in [-0.15, -0.1) is 10.2 Å². The van der Waals surface area contributed by atoms with Gasteiger partial charge in [-0.05, 0) is 43.9 Å². The third-order valence-electron chi connectivity index (χ3n) is 3.81. The molecule has 2 aromatic rings. The molecule has 126 valence electrons. The van der Waals surface area contributed by atoms with Gasteiger partial charge in [0.05, 0.1) is 4.90 Å². The molecule has 0 fully saturated rings. The van der Waals surface area contributed by atoms with Crippen LogP contribution in [-0.2, 0) is 14.8 Å². The molecule has 0 saturated carbocycles. The Balaban J connectivity index is 1.81. The normalized spacial score (nSPS) is 15.4. The highest BCUT2D eigenvalue weighted by molar-refractivity contribution is 7.90. The van der Waals surface area contributed by atoms with Crippen molar-refractivity contribution in [1.82, 2.24) is 14.9 Å². The molecule has 0 saturated heterocycles. The third-order valence-corrected chi connectivity index (χ3v) is 5.14. The Hall–Kier alpha value is -2.48. The standard InChI is InChI=1S/C16H17N3O4S/c20-15(12-6-3-1-2-4-7-12)19-24(21,22)14-9-5-8-13(10-14)16-18-17-11-23-16/h5-6,8-11H,1-4,7H2,(H,19,20). The molecule has 1 heterocycles. The second-order valence-corrected chi connectivity index (χ2v) is 7.22. The van der Waals surface area contributed by atoms with E-state index < -0.39 is 15.9 Å². The predicted molar refractivity (Wildman–Crippen MR) is 86.2 cm³/mol. The van der Waals surface area contributed by atoms with Crippen LogP contribution in [0.15, 0.2) is 51.6 Å². The zero-order chi connectivity index (χ0) is 17.0. The van der Waals surface area contributed by atoms with E-state index in [0.29, 0.717) is 17.6 Å². The zero-order valence-electron chi connectivity index (χ0n) is 12.9. The molecule has 1 aromatic carbocycles. The van der Waals surface area contributed by atoms with Crippen LogP contribution in [0.25, 0.3) is 11.5 Å². The smallest absolute Gasteiger partial charge is 0.264 e. The number of sulfonamides is 1. The van der Waals surface area contributed by atoms with Crippen molar-refractivity contribution in [3.63, 3.8) is 0 Å². The van der Waals surface area contributed by atoms with E-state index in [1.165, 1.54) is 12.1 Å². The number of amides is 1. The van der Waals surface area contributed by atoms with Crippen LogP contribution in [0.4, 0.5) is 0 Å². The van der Waals surface area contributed by atoms with Crippen molar-refractivity contribution in [2.75, 3.05) is 0 Å². The van der Waals surface area contributed by atoms with Gasteiger partial charge >= 0.3 is 0 Å². The van der Waals surface area contributed by atoms with E-state index in [-0.39, 0.29) is 10.8 Å². The molecule has 24 heavy (non-hydrogen) atoms. The Labute approximate surface area is 139 Å². The number of hydrogen-bond acceptors (Lipinski definition) is 6. The molecular formula is C16H17N3O4S. The number of hydrogen-bond donors (Lipinski definition) is 1. The summed E-state index contributed by atoms with van der Waals surface area (Å²) < 4.78 is 32.1. The van der Waals surface area contributed by atoms with E-state index in [0.717, 1.165) is 32.1 Å². The van der Waals surface area contributed by atoms with Crippen molar-refractivity contribution in [3.05, 3.63) is 42.3 Å². The molecule has 1 N–H and O–H groups in total. The molecule has 0 atom stereocenters. The minimum Gasteiger partial charge on any atom is -0.423 e. The summed E-state index contributed by atoms with van der Waals surface area (Å²) in [5, 5.41) is 7.31. The average Bonchev–Trinajstić information content (AvgIpc) is 2.97.